The van der Waals surface area contributed by atoms with Crippen molar-refractivity contribution < 1.29 is 9.53 Å². The maximum absolute atomic E-state index is 11.8. The van der Waals surface area contributed by atoms with Crippen molar-refractivity contribution in [3.63, 3.8) is 0 Å². The Morgan fingerprint density at radius 1 is 1.18 bits per heavy atom. The summed E-state index contributed by atoms with van der Waals surface area (Å²) >= 11 is 0. The number of aryl methyl sites for hydroxylation is 1. The van der Waals surface area contributed by atoms with Gasteiger partial charge in [0.25, 0.3) is 0 Å². The van der Waals surface area contributed by atoms with Crippen molar-refractivity contribution in [2.24, 2.45) is 0 Å². The van der Waals surface area contributed by atoms with E-state index in [2.05, 4.69) is 10.1 Å². The highest BCUT2D eigenvalue weighted by molar-refractivity contribution is 5.98. The summed E-state index contributed by atoms with van der Waals surface area (Å²) in [4.78, 5) is 16.0. The largest absolute Gasteiger partial charge is 0.487 e. The normalized spacial score (nSPS) is 14.1. The fraction of sp³-hybridized carbons (Fsp3) is 0.235. The Bertz CT molecular complexity index is 854. The highest BCUT2D eigenvalue weighted by atomic mass is 16.5. The van der Waals surface area contributed by atoms with Gasteiger partial charge in [-0.25, -0.2) is 9.50 Å². The first-order chi connectivity index (χ1) is 10.8. The predicted octanol–water partition coefficient (Wildman–Crippen LogP) is 2.83. The Hall–Kier alpha value is -2.69. The van der Waals surface area contributed by atoms with Crippen LogP contribution < -0.4 is 4.74 Å². The molecule has 5 heteroatoms. The van der Waals surface area contributed by atoms with Gasteiger partial charge in [0, 0.05) is 12.0 Å². The van der Waals surface area contributed by atoms with E-state index in [-0.39, 0.29) is 5.78 Å². The number of Topliss-reactive ketones (excluding diaryl/α,β-unsaturated/α-hetero) is 1. The van der Waals surface area contributed by atoms with Gasteiger partial charge in [0.2, 0.25) is 0 Å². The summed E-state index contributed by atoms with van der Waals surface area (Å²) in [6.45, 7) is 0.410. The Morgan fingerprint density at radius 2 is 2.14 bits per heavy atom. The molecule has 0 spiro atoms. The number of hydrogen-bond donors (Lipinski definition) is 0. The van der Waals surface area contributed by atoms with Gasteiger partial charge in [0.15, 0.2) is 11.4 Å². The first-order valence-electron chi connectivity index (χ1n) is 7.38. The third-order valence-electron chi connectivity index (χ3n) is 3.99. The minimum Gasteiger partial charge on any atom is -0.487 e. The summed E-state index contributed by atoms with van der Waals surface area (Å²) in [6.07, 6.45) is 4.05. The minimum atomic E-state index is 0.236. The van der Waals surface area contributed by atoms with E-state index in [1.807, 2.05) is 36.4 Å². The average Bonchev–Trinajstić information content (AvgIpc) is 3.02. The fourth-order valence-corrected chi connectivity index (χ4v) is 2.88. The number of rotatable bonds is 3. The van der Waals surface area contributed by atoms with Gasteiger partial charge in [0.05, 0.1) is 5.69 Å². The van der Waals surface area contributed by atoms with Crippen molar-refractivity contribution in [3.8, 4) is 5.75 Å². The maximum Gasteiger partial charge on any atom is 0.163 e. The molecule has 2 heterocycles. The molecule has 0 saturated heterocycles. The molecule has 1 aromatic carbocycles. The van der Waals surface area contributed by atoms with Gasteiger partial charge in [-0.2, -0.15) is 5.10 Å². The predicted molar refractivity (Wildman–Crippen MR) is 81.0 cm³/mol. The molecule has 0 bridgehead atoms. The lowest BCUT2D eigenvalue weighted by molar-refractivity contribution is 0.0972. The van der Waals surface area contributed by atoms with E-state index >= 15 is 0 Å². The van der Waals surface area contributed by atoms with Crippen LogP contribution in [-0.2, 0) is 13.0 Å². The summed E-state index contributed by atoms with van der Waals surface area (Å²) in [5, 5.41) is 4.19. The molecule has 0 aliphatic heterocycles. The smallest absolute Gasteiger partial charge is 0.163 e. The zero-order chi connectivity index (χ0) is 14.9. The molecule has 0 amide bonds. The highest BCUT2D eigenvalue weighted by Crippen LogP contribution is 2.25. The van der Waals surface area contributed by atoms with E-state index in [0.717, 1.165) is 41.1 Å². The number of ether oxygens (including phenoxy) is 1. The van der Waals surface area contributed by atoms with Crippen LogP contribution in [-0.4, -0.2) is 20.4 Å². The van der Waals surface area contributed by atoms with Gasteiger partial charge in [-0.15, -0.1) is 0 Å². The van der Waals surface area contributed by atoms with Crippen LogP contribution in [0, 0.1) is 0 Å². The highest BCUT2D eigenvalue weighted by Gasteiger charge is 2.17. The standard InChI is InChI=1S/C17H15N3O2/c21-16-5-1-3-12-9-14(7-8-15(12)16)22-10-13-4-2-6-17-18-11-19-20(13)17/h2,4,6-9,11H,1,3,5,10H2. The monoisotopic (exact) mass is 293 g/mol. The average molecular weight is 293 g/mol. The molecule has 2 aromatic heterocycles. The number of carbonyl (C=O) groups excluding carboxylic acids is 1. The minimum absolute atomic E-state index is 0.236. The third-order valence-corrected chi connectivity index (χ3v) is 3.99. The van der Waals surface area contributed by atoms with Crippen molar-refractivity contribution >= 4 is 11.4 Å². The topological polar surface area (TPSA) is 56.5 Å². The third kappa shape index (κ3) is 2.24. The molecule has 0 atom stereocenters. The number of fused-ring (bicyclic) bond motifs is 2. The van der Waals surface area contributed by atoms with Crippen molar-refractivity contribution in [1.82, 2.24) is 14.6 Å². The van der Waals surface area contributed by atoms with Gasteiger partial charge in [-0.3, -0.25) is 4.79 Å². The lowest BCUT2D eigenvalue weighted by Gasteiger charge is -2.16. The molecule has 1 aliphatic rings. The van der Waals surface area contributed by atoms with E-state index in [4.69, 9.17) is 4.74 Å². The zero-order valence-corrected chi connectivity index (χ0v) is 12.0. The number of benzene rings is 1. The molecule has 0 saturated carbocycles. The Balaban J connectivity index is 1.57. The molecular formula is C17H15N3O2. The van der Waals surface area contributed by atoms with Gasteiger partial charge in [-0.05, 0) is 48.7 Å². The van der Waals surface area contributed by atoms with Crippen LogP contribution >= 0.6 is 0 Å². The lowest BCUT2D eigenvalue weighted by Crippen LogP contribution is -2.11. The van der Waals surface area contributed by atoms with E-state index in [1.165, 1.54) is 6.33 Å². The van der Waals surface area contributed by atoms with E-state index in [0.29, 0.717) is 13.0 Å². The molecule has 0 fully saturated rings. The van der Waals surface area contributed by atoms with Crippen LogP contribution in [0.5, 0.6) is 5.75 Å². The maximum atomic E-state index is 11.8. The Labute approximate surface area is 127 Å². The first-order valence-corrected chi connectivity index (χ1v) is 7.38. The summed E-state index contributed by atoms with van der Waals surface area (Å²) in [6, 6.07) is 11.5. The number of aromatic nitrogens is 3. The lowest BCUT2D eigenvalue weighted by atomic mass is 9.90. The second-order valence-electron chi connectivity index (χ2n) is 5.43. The molecule has 22 heavy (non-hydrogen) atoms. The molecule has 4 rings (SSSR count). The summed E-state index contributed by atoms with van der Waals surface area (Å²) in [5.41, 5.74) is 3.67. The van der Waals surface area contributed by atoms with Crippen molar-refractivity contribution in [3.05, 3.63) is 59.5 Å². The summed E-state index contributed by atoms with van der Waals surface area (Å²) in [7, 11) is 0. The SMILES string of the molecule is O=C1CCCc2cc(OCc3cccc4ncnn34)ccc21. The van der Waals surface area contributed by atoms with Gasteiger partial charge < -0.3 is 4.74 Å². The molecule has 0 N–H and O–H groups in total. The van der Waals surface area contributed by atoms with Crippen molar-refractivity contribution in [2.45, 2.75) is 25.9 Å². The van der Waals surface area contributed by atoms with Gasteiger partial charge >= 0.3 is 0 Å². The van der Waals surface area contributed by atoms with Gasteiger partial charge in [0.1, 0.15) is 18.7 Å². The van der Waals surface area contributed by atoms with Crippen LogP contribution in [0.1, 0.15) is 34.5 Å². The van der Waals surface area contributed by atoms with E-state index in [9.17, 15) is 4.79 Å². The number of ketones is 1. The van der Waals surface area contributed by atoms with Crippen LogP contribution in [0.2, 0.25) is 0 Å². The number of carbonyl (C=O) groups is 1. The Kier molecular flexibility index (Phi) is 3.11. The number of hydrogen-bond acceptors (Lipinski definition) is 4. The van der Waals surface area contributed by atoms with Crippen LogP contribution in [0.4, 0.5) is 0 Å². The summed E-state index contributed by atoms with van der Waals surface area (Å²) < 4.78 is 7.64. The molecule has 0 radical (unpaired) electrons. The second kappa shape index (κ2) is 5.26. The van der Waals surface area contributed by atoms with Crippen molar-refractivity contribution in [1.29, 1.82) is 0 Å². The summed E-state index contributed by atoms with van der Waals surface area (Å²) in [5.74, 6) is 1.02. The van der Waals surface area contributed by atoms with E-state index in [1.54, 1.807) is 4.52 Å². The molecule has 3 aromatic rings. The van der Waals surface area contributed by atoms with Crippen LogP contribution in [0.15, 0.2) is 42.7 Å². The fourth-order valence-electron chi connectivity index (χ4n) is 2.88. The first kappa shape index (κ1) is 13.0. The zero-order valence-electron chi connectivity index (χ0n) is 12.0. The van der Waals surface area contributed by atoms with Crippen LogP contribution in [0.25, 0.3) is 5.65 Å². The number of nitrogens with zero attached hydrogens (tertiary/aromatic N) is 3. The van der Waals surface area contributed by atoms with Crippen LogP contribution in [0.3, 0.4) is 0 Å². The van der Waals surface area contributed by atoms with E-state index < -0.39 is 0 Å². The molecule has 1 aliphatic carbocycles. The van der Waals surface area contributed by atoms with Crippen molar-refractivity contribution in [2.75, 3.05) is 0 Å². The number of pyridine rings is 1. The Morgan fingerprint density at radius 3 is 3.09 bits per heavy atom. The molecular weight excluding hydrogens is 278 g/mol. The molecule has 5 nitrogen and oxygen atoms in total. The molecule has 110 valence electrons. The van der Waals surface area contributed by atoms with Gasteiger partial charge in [-0.1, -0.05) is 6.07 Å². The second-order valence-corrected chi connectivity index (χ2v) is 5.43. The molecule has 0 unspecified atom stereocenters. The quantitative estimate of drug-likeness (QED) is 0.745.